The molecule has 1 atom stereocenters. The minimum Gasteiger partial charge on any atom is -0.467 e. The first-order valence-electron chi connectivity index (χ1n) is 7.51. The van der Waals surface area contributed by atoms with E-state index in [1.807, 2.05) is 11.4 Å². The van der Waals surface area contributed by atoms with Gasteiger partial charge >= 0.3 is 12.2 Å². The highest BCUT2D eigenvalue weighted by atomic mass is 32.1. The fraction of sp³-hybridized carbons (Fsp3) is 0.294. The number of fused-ring (bicyclic) bond motifs is 1. The van der Waals surface area contributed by atoms with Gasteiger partial charge in [-0.1, -0.05) is 18.2 Å². The Kier molecular flexibility index (Phi) is 4.55. The topological polar surface area (TPSA) is 38.2 Å². The monoisotopic (exact) mass is 367 g/mol. The zero-order chi connectivity index (χ0) is 18.2. The maximum absolute atomic E-state index is 13.3. The molecule has 0 bridgehead atoms. The summed E-state index contributed by atoms with van der Waals surface area (Å²) >= 11 is 1.44. The van der Waals surface area contributed by atoms with Crippen molar-refractivity contribution in [1.82, 2.24) is 9.97 Å². The van der Waals surface area contributed by atoms with Crippen LogP contribution in [0.5, 0.6) is 6.01 Å². The molecular weight excluding hydrogens is 351 g/mol. The summed E-state index contributed by atoms with van der Waals surface area (Å²) in [6, 6.07) is 7.07. The molecule has 0 radical (unpaired) electrons. The molecule has 0 aliphatic rings. The first-order valence-corrected chi connectivity index (χ1v) is 8.39. The first kappa shape index (κ1) is 17.5. The third-order valence-corrected chi connectivity index (χ3v) is 4.98. The number of halogens is 3. The summed E-state index contributed by atoms with van der Waals surface area (Å²) in [6.45, 7) is 1.72. The number of benzene rings is 1. The SMILES string of the molecule is COc1nc(N(C)C(C)c2ccccc2C(F)(F)F)c2sccc2n1. The maximum atomic E-state index is 13.3. The zero-order valence-corrected chi connectivity index (χ0v) is 14.6. The Bertz CT molecular complexity index is 894. The smallest absolute Gasteiger partial charge is 0.416 e. The lowest BCUT2D eigenvalue weighted by Gasteiger charge is -2.28. The molecule has 3 aromatic rings. The van der Waals surface area contributed by atoms with Gasteiger partial charge in [-0.25, -0.2) is 0 Å². The molecule has 2 heterocycles. The fourth-order valence-corrected chi connectivity index (χ4v) is 3.53. The number of rotatable bonds is 4. The molecule has 25 heavy (non-hydrogen) atoms. The number of thiophene rings is 1. The average molecular weight is 367 g/mol. The standard InChI is InChI=1S/C17H16F3N3OS/c1-10(11-6-4-5-7-12(11)17(18,19)20)23(2)15-14-13(8-9-25-14)21-16(22-15)24-3/h4-10H,1-3H3. The van der Waals surface area contributed by atoms with Gasteiger partial charge in [0.25, 0.3) is 0 Å². The zero-order valence-electron chi connectivity index (χ0n) is 13.8. The van der Waals surface area contributed by atoms with Crippen LogP contribution in [0.1, 0.15) is 24.1 Å². The Hall–Kier alpha value is -2.35. The van der Waals surface area contributed by atoms with E-state index in [9.17, 15) is 13.2 Å². The Labute approximate surface area is 146 Å². The number of ether oxygens (including phenoxy) is 1. The predicted octanol–water partition coefficient (Wildman–Crippen LogP) is 4.92. The number of methoxy groups -OCH3 is 1. The number of nitrogens with zero attached hydrogens (tertiary/aromatic N) is 3. The fourth-order valence-electron chi connectivity index (χ4n) is 2.67. The molecule has 0 N–H and O–H groups in total. The normalized spacial score (nSPS) is 13.0. The summed E-state index contributed by atoms with van der Waals surface area (Å²) in [5.41, 5.74) is 0.257. The summed E-state index contributed by atoms with van der Waals surface area (Å²) in [6.07, 6.45) is -4.41. The van der Waals surface area contributed by atoms with Crippen molar-refractivity contribution < 1.29 is 17.9 Å². The van der Waals surface area contributed by atoms with Gasteiger partial charge in [0.15, 0.2) is 5.82 Å². The Morgan fingerprint density at radius 3 is 2.56 bits per heavy atom. The third kappa shape index (κ3) is 3.26. The minimum atomic E-state index is -4.41. The number of aromatic nitrogens is 2. The van der Waals surface area contributed by atoms with Gasteiger partial charge in [-0.2, -0.15) is 23.1 Å². The van der Waals surface area contributed by atoms with Gasteiger partial charge in [0.2, 0.25) is 0 Å². The molecule has 0 aliphatic carbocycles. The van der Waals surface area contributed by atoms with Gasteiger partial charge in [-0.3, -0.25) is 0 Å². The second-order valence-electron chi connectivity index (χ2n) is 5.54. The summed E-state index contributed by atoms with van der Waals surface area (Å²) in [4.78, 5) is 10.3. The summed E-state index contributed by atoms with van der Waals surface area (Å²) < 4.78 is 45.9. The van der Waals surface area contributed by atoms with Gasteiger partial charge in [0, 0.05) is 7.05 Å². The van der Waals surface area contributed by atoms with Crippen LogP contribution in [0.2, 0.25) is 0 Å². The van der Waals surface area contributed by atoms with Crippen LogP contribution in [-0.4, -0.2) is 24.1 Å². The minimum absolute atomic E-state index is 0.184. The van der Waals surface area contributed by atoms with E-state index >= 15 is 0 Å². The second kappa shape index (κ2) is 6.51. The van der Waals surface area contributed by atoms with Crippen molar-refractivity contribution in [2.75, 3.05) is 19.1 Å². The van der Waals surface area contributed by atoms with Crippen molar-refractivity contribution in [3.8, 4) is 6.01 Å². The van der Waals surface area contributed by atoms with Gasteiger partial charge < -0.3 is 9.64 Å². The number of hydrogen-bond donors (Lipinski definition) is 0. The highest BCUT2D eigenvalue weighted by Crippen LogP contribution is 2.39. The van der Waals surface area contributed by atoms with E-state index in [4.69, 9.17) is 4.74 Å². The van der Waals surface area contributed by atoms with E-state index < -0.39 is 17.8 Å². The molecule has 1 unspecified atom stereocenters. The average Bonchev–Trinajstić information content (AvgIpc) is 3.07. The van der Waals surface area contributed by atoms with Crippen molar-refractivity contribution >= 4 is 27.4 Å². The summed E-state index contributed by atoms with van der Waals surface area (Å²) in [7, 11) is 3.18. The largest absolute Gasteiger partial charge is 0.467 e. The van der Waals surface area contributed by atoms with Crippen molar-refractivity contribution in [2.45, 2.75) is 19.1 Å². The molecule has 0 saturated heterocycles. The lowest BCUT2D eigenvalue weighted by atomic mass is 10.00. The number of alkyl halides is 3. The molecule has 0 aliphatic heterocycles. The van der Waals surface area contributed by atoms with Crippen LogP contribution in [0, 0.1) is 0 Å². The molecule has 132 valence electrons. The van der Waals surface area contributed by atoms with Crippen LogP contribution in [-0.2, 0) is 6.18 Å². The lowest BCUT2D eigenvalue weighted by molar-refractivity contribution is -0.138. The quantitative estimate of drug-likeness (QED) is 0.656. The molecule has 8 heteroatoms. The van der Waals surface area contributed by atoms with Crippen LogP contribution >= 0.6 is 11.3 Å². The van der Waals surface area contributed by atoms with E-state index in [2.05, 4.69) is 9.97 Å². The molecule has 1 aromatic carbocycles. The molecule has 4 nitrogen and oxygen atoms in total. The number of hydrogen-bond acceptors (Lipinski definition) is 5. The van der Waals surface area contributed by atoms with Crippen LogP contribution in [0.4, 0.5) is 19.0 Å². The molecule has 3 rings (SSSR count). The van der Waals surface area contributed by atoms with E-state index in [1.54, 1.807) is 24.9 Å². The van der Waals surface area contributed by atoms with Crippen LogP contribution in [0.25, 0.3) is 10.2 Å². The summed E-state index contributed by atoms with van der Waals surface area (Å²) in [5.74, 6) is 0.543. The van der Waals surface area contributed by atoms with Gasteiger partial charge in [0.1, 0.15) is 0 Å². The van der Waals surface area contributed by atoms with Crippen molar-refractivity contribution in [1.29, 1.82) is 0 Å². The lowest BCUT2D eigenvalue weighted by Crippen LogP contribution is -2.25. The van der Waals surface area contributed by atoms with Crippen molar-refractivity contribution in [3.63, 3.8) is 0 Å². The van der Waals surface area contributed by atoms with Gasteiger partial charge in [0.05, 0.1) is 28.9 Å². The second-order valence-corrected chi connectivity index (χ2v) is 6.46. The molecular formula is C17H16F3N3OS. The van der Waals surface area contributed by atoms with Crippen molar-refractivity contribution in [2.24, 2.45) is 0 Å². The highest BCUT2D eigenvalue weighted by molar-refractivity contribution is 7.17. The first-order chi connectivity index (χ1) is 11.8. The predicted molar refractivity (Wildman–Crippen MR) is 92.2 cm³/mol. The van der Waals surface area contributed by atoms with Crippen LogP contribution in [0.3, 0.4) is 0 Å². The third-order valence-electron chi connectivity index (χ3n) is 4.08. The van der Waals surface area contributed by atoms with E-state index in [1.165, 1.54) is 30.6 Å². The Morgan fingerprint density at radius 1 is 1.16 bits per heavy atom. The van der Waals surface area contributed by atoms with Gasteiger partial charge in [-0.15, -0.1) is 11.3 Å². The number of anilines is 1. The molecule has 0 spiro atoms. The molecule has 0 fully saturated rings. The summed E-state index contributed by atoms with van der Waals surface area (Å²) in [5, 5.41) is 1.87. The van der Waals surface area contributed by atoms with Crippen molar-refractivity contribution in [3.05, 3.63) is 46.8 Å². The van der Waals surface area contributed by atoms with E-state index in [0.717, 1.165) is 10.8 Å². The van der Waals surface area contributed by atoms with Crippen LogP contribution in [0.15, 0.2) is 35.7 Å². The Balaban J connectivity index is 2.08. The van der Waals surface area contributed by atoms with E-state index in [0.29, 0.717) is 11.3 Å². The molecule has 0 amide bonds. The van der Waals surface area contributed by atoms with Crippen LogP contribution < -0.4 is 9.64 Å². The molecule has 2 aromatic heterocycles. The highest BCUT2D eigenvalue weighted by Gasteiger charge is 2.35. The van der Waals surface area contributed by atoms with Gasteiger partial charge in [-0.05, 0) is 30.0 Å². The van der Waals surface area contributed by atoms with E-state index in [-0.39, 0.29) is 11.6 Å². The molecule has 0 saturated carbocycles. The Morgan fingerprint density at radius 2 is 1.88 bits per heavy atom. The maximum Gasteiger partial charge on any atom is 0.416 e.